The smallest absolute Gasteiger partial charge is 0.201 e. The lowest BCUT2D eigenvalue weighted by atomic mass is 10.1. The third kappa shape index (κ3) is 2.53. The van der Waals surface area contributed by atoms with Crippen molar-refractivity contribution in [3.05, 3.63) is 48.2 Å². The van der Waals surface area contributed by atoms with Crippen molar-refractivity contribution in [1.29, 1.82) is 0 Å². The van der Waals surface area contributed by atoms with Crippen LogP contribution in [0.5, 0.6) is 0 Å². The van der Waals surface area contributed by atoms with Gasteiger partial charge in [-0.25, -0.2) is 4.98 Å². The van der Waals surface area contributed by atoms with E-state index >= 15 is 0 Å². The molecule has 0 atom stereocenters. The number of pyridine rings is 1. The molecule has 1 aliphatic heterocycles. The molecule has 1 fully saturated rings. The van der Waals surface area contributed by atoms with Crippen molar-refractivity contribution >= 4 is 5.69 Å². The first-order valence-electron chi connectivity index (χ1n) is 6.72. The molecule has 1 aliphatic rings. The minimum Gasteiger partial charge on any atom is -0.377 e. The van der Waals surface area contributed by atoms with Crippen molar-refractivity contribution in [1.82, 2.24) is 4.98 Å². The fraction of sp³-hybridized carbons (Fsp3) is 0.312. The number of hydrogen-bond donors (Lipinski definition) is 0. The SMILES string of the molecule is CN(C)c1ccccc1-c1cccc(C2OCCO2)n1. The number of hydrogen-bond acceptors (Lipinski definition) is 4. The molecular formula is C16H18N2O2. The average Bonchev–Trinajstić information content (AvgIpc) is 3.01. The van der Waals surface area contributed by atoms with Crippen molar-refractivity contribution in [2.24, 2.45) is 0 Å². The van der Waals surface area contributed by atoms with E-state index in [0.717, 1.165) is 22.6 Å². The zero-order valence-electron chi connectivity index (χ0n) is 11.7. The zero-order chi connectivity index (χ0) is 13.9. The number of rotatable bonds is 3. The maximum atomic E-state index is 5.51. The Morgan fingerprint density at radius 1 is 1.00 bits per heavy atom. The van der Waals surface area contributed by atoms with Crippen LogP contribution in [-0.2, 0) is 9.47 Å². The zero-order valence-corrected chi connectivity index (χ0v) is 11.7. The van der Waals surface area contributed by atoms with E-state index in [1.54, 1.807) is 0 Å². The molecule has 0 N–H and O–H groups in total. The minimum atomic E-state index is -0.332. The Morgan fingerprint density at radius 2 is 1.75 bits per heavy atom. The molecule has 1 aromatic heterocycles. The van der Waals surface area contributed by atoms with Gasteiger partial charge in [0, 0.05) is 25.3 Å². The molecule has 0 aliphatic carbocycles. The predicted molar refractivity (Wildman–Crippen MR) is 78.6 cm³/mol. The Balaban J connectivity index is 2.00. The summed E-state index contributed by atoms with van der Waals surface area (Å²) in [7, 11) is 4.07. The summed E-state index contributed by atoms with van der Waals surface area (Å²) in [4.78, 5) is 6.78. The molecule has 1 aromatic carbocycles. The Kier molecular flexibility index (Phi) is 3.67. The summed E-state index contributed by atoms with van der Waals surface area (Å²) in [5, 5.41) is 0. The summed E-state index contributed by atoms with van der Waals surface area (Å²) >= 11 is 0. The molecule has 0 amide bonds. The van der Waals surface area contributed by atoms with E-state index in [1.165, 1.54) is 0 Å². The fourth-order valence-corrected chi connectivity index (χ4v) is 2.34. The van der Waals surface area contributed by atoms with Gasteiger partial charge in [-0.15, -0.1) is 0 Å². The normalized spacial score (nSPS) is 15.5. The molecule has 4 heteroatoms. The third-order valence-corrected chi connectivity index (χ3v) is 3.30. The quantitative estimate of drug-likeness (QED) is 0.859. The van der Waals surface area contributed by atoms with Gasteiger partial charge in [-0.1, -0.05) is 24.3 Å². The van der Waals surface area contributed by atoms with Crippen molar-refractivity contribution in [2.75, 3.05) is 32.2 Å². The number of aromatic nitrogens is 1. The van der Waals surface area contributed by atoms with Crippen LogP contribution < -0.4 is 4.90 Å². The van der Waals surface area contributed by atoms with E-state index < -0.39 is 0 Å². The summed E-state index contributed by atoms with van der Waals surface area (Å²) < 4.78 is 11.0. The van der Waals surface area contributed by atoms with Gasteiger partial charge in [-0.2, -0.15) is 0 Å². The van der Waals surface area contributed by atoms with Gasteiger partial charge in [0.25, 0.3) is 0 Å². The van der Waals surface area contributed by atoms with Crippen LogP contribution in [0.1, 0.15) is 12.0 Å². The Labute approximate surface area is 119 Å². The highest BCUT2D eigenvalue weighted by atomic mass is 16.7. The molecule has 0 spiro atoms. The first kappa shape index (κ1) is 13.1. The average molecular weight is 270 g/mol. The Morgan fingerprint density at radius 3 is 2.50 bits per heavy atom. The summed E-state index contributed by atoms with van der Waals surface area (Å²) in [6.07, 6.45) is -0.332. The van der Waals surface area contributed by atoms with Gasteiger partial charge in [0.05, 0.1) is 24.6 Å². The van der Waals surface area contributed by atoms with Crippen LogP contribution >= 0.6 is 0 Å². The molecule has 1 saturated heterocycles. The minimum absolute atomic E-state index is 0.332. The molecular weight excluding hydrogens is 252 g/mol. The maximum absolute atomic E-state index is 5.51. The molecule has 3 rings (SSSR count). The standard InChI is InChI=1S/C16H18N2O2/c1-18(2)15-9-4-3-6-12(15)13-7-5-8-14(17-13)16-19-10-11-20-16/h3-9,16H,10-11H2,1-2H3. The lowest BCUT2D eigenvalue weighted by Gasteiger charge is -2.17. The van der Waals surface area contributed by atoms with Gasteiger partial charge >= 0.3 is 0 Å². The second kappa shape index (κ2) is 5.61. The lowest BCUT2D eigenvalue weighted by Crippen LogP contribution is -2.10. The summed E-state index contributed by atoms with van der Waals surface area (Å²) in [6, 6.07) is 14.2. The Hall–Kier alpha value is -1.91. The van der Waals surface area contributed by atoms with Gasteiger partial charge in [-0.05, 0) is 18.2 Å². The van der Waals surface area contributed by atoms with Gasteiger partial charge in [0.2, 0.25) is 6.29 Å². The predicted octanol–water partition coefficient (Wildman–Crippen LogP) is 2.86. The molecule has 2 heterocycles. The largest absolute Gasteiger partial charge is 0.377 e. The van der Waals surface area contributed by atoms with Crippen molar-refractivity contribution in [3.63, 3.8) is 0 Å². The van der Waals surface area contributed by atoms with Crippen LogP contribution in [-0.4, -0.2) is 32.3 Å². The van der Waals surface area contributed by atoms with Gasteiger partial charge in [0.1, 0.15) is 0 Å². The monoisotopic (exact) mass is 270 g/mol. The van der Waals surface area contributed by atoms with E-state index in [4.69, 9.17) is 14.5 Å². The Bertz CT molecular complexity index is 593. The highest BCUT2D eigenvalue weighted by molar-refractivity contribution is 5.76. The van der Waals surface area contributed by atoms with Gasteiger partial charge in [0.15, 0.2) is 0 Å². The summed E-state index contributed by atoms with van der Waals surface area (Å²) in [5.74, 6) is 0. The third-order valence-electron chi connectivity index (χ3n) is 3.30. The van der Waals surface area contributed by atoms with E-state index in [2.05, 4.69) is 17.0 Å². The van der Waals surface area contributed by atoms with Crippen LogP contribution in [0.3, 0.4) is 0 Å². The molecule has 0 bridgehead atoms. The molecule has 0 unspecified atom stereocenters. The second-order valence-corrected chi connectivity index (χ2v) is 4.93. The number of nitrogens with zero attached hydrogens (tertiary/aromatic N) is 2. The van der Waals surface area contributed by atoms with Crippen LogP contribution in [0.25, 0.3) is 11.3 Å². The summed E-state index contributed by atoms with van der Waals surface area (Å²) in [6.45, 7) is 1.26. The number of benzene rings is 1. The molecule has 0 saturated carbocycles. The molecule has 2 aromatic rings. The van der Waals surface area contributed by atoms with Crippen molar-refractivity contribution in [3.8, 4) is 11.3 Å². The number of anilines is 1. The fourth-order valence-electron chi connectivity index (χ4n) is 2.34. The molecule has 104 valence electrons. The first-order valence-corrected chi connectivity index (χ1v) is 6.72. The van der Waals surface area contributed by atoms with E-state index in [1.807, 2.05) is 44.4 Å². The first-order chi connectivity index (χ1) is 9.75. The topological polar surface area (TPSA) is 34.6 Å². The molecule has 0 radical (unpaired) electrons. The highest BCUT2D eigenvalue weighted by Crippen LogP contribution is 2.30. The van der Waals surface area contributed by atoms with Crippen LogP contribution in [0.4, 0.5) is 5.69 Å². The number of para-hydroxylation sites is 1. The van der Waals surface area contributed by atoms with Gasteiger partial charge in [-0.3, -0.25) is 0 Å². The van der Waals surface area contributed by atoms with E-state index in [0.29, 0.717) is 13.2 Å². The van der Waals surface area contributed by atoms with Gasteiger partial charge < -0.3 is 14.4 Å². The van der Waals surface area contributed by atoms with Crippen molar-refractivity contribution in [2.45, 2.75) is 6.29 Å². The summed E-state index contributed by atoms with van der Waals surface area (Å²) in [5.41, 5.74) is 4.02. The van der Waals surface area contributed by atoms with Crippen LogP contribution in [0.15, 0.2) is 42.5 Å². The molecule has 4 nitrogen and oxygen atoms in total. The van der Waals surface area contributed by atoms with E-state index in [9.17, 15) is 0 Å². The van der Waals surface area contributed by atoms with Crippen molar-refractivity contribution < 1.29 is 9.47 Å². The lowest BCUT2D eigenvalue weighted by molar-refractivity contribution is -0.0472. The van der Waals surface area contributed by atoms with Crippen LogP contribution in [0, 0.1) is 0 Å². The highest BCUT2D eigenvalue weighted by Gasteiger charge is 2.20. The maximum Gasteiger partial charge on any atom is 0.201 e. The van der Waals surface area contributed by atoms with E-state index in [-0.39, 0.29) is 6.29 Å². The number of ether oxygens (including phenoxy) is 2. The molecule has 20 heavy (non-hydrogen) atoms. The van der Waals surface area contributed by atoms with Crippen LogP contribution in [0.2, 0.25) is 0 Å². The second-order valence-electron chi connectivity index (χ2n) is 4.93.